The molecule has 0 saturated heterocycles. The highest BCUT2D eigenvalue weighted by Gasteiger charge is 2.34. The second kappa shape index (κ2) is 10.5. The molecule has 2 N–H and O–H groups in total. The van der Waals surface area contributed by atoms with Crippen LogP contribution in [0.15, 0.2) is 60.9 Å². The van der Waals surface area contributed by atoms with Crippen LogP contribution in [0, 0.1) is 0 Å². The second-order valence-corrected chi connectivity index (χ2v) is 7.53. The first-order chi connectivity index (χ1) is 17.7. The maximum Gasteiger partial charge on any atom is 0.420 e. The first kappa shape index (κ1) is 25.4. The molecule has 0 spiro atoms. The number of urea groups is 1. The molecule has 1 heterocycles. The smallest absolute Gasteiger partial charge is 0.420 e. The fourth-order valence-electron chi connectivity index (χ4n) is 3.49. The van der Waals surface area contributed by atoms with E-state index in [-0.39, 0.29) is 17.3 Å². The van der Waals surface area contributed by atoms with E-state index in [4.69, 9.17) is 18.9 Å². The van der Waals surface area contributed by atoms with Crippen LogP contribution in [-0.2, 0) is 6.18 Å². The summed E-state index contributed by atoms with van der Waals surface area (Å²) in [6.07, 6.45) is -3.31. The number of aromatic nitrogens is 2. The highest BCUT2D eigenvalue weighted by atomic mass is 19.4. The minimum absolute atomic E-state index is 0.0603. The Labute approximate surface area is 209 Å². The highest BCUT2D eigenvalue weighted by Crippen LogP contribution is 2.38. The van der Waals surface area contributed by atoms with E-state index < -0.39 is 17.8 Å². The standard InChI is InChI=1S/C25H21F3N4O5/c1-34-20-8-7-15(10-18(20)25(26,27)28)32-24(33)31-14-5-4-6-16(9-14)37-23-17-11-21(35-2)22(36-3)12-19(17)29-13-30-23/h4-13H,1-3H3,(H2,31,32,33). The fraction of sp³-hybridized carbons (Fsp3) is 0.160. The van der Waals surface area contributed by atoms with E-state index >= 15 is 0 Å². The zero-order chi connectivity index (χ0) is 26.6. The third kappa shape index (κ3) is 5.74. The number of fused-ring (bicyclic) bond motifs is 1. The molecule has 0 atom stereocenters. The number of methoxy groups -OCH3 is 3. The van der Waals surface area contributed by atoms with E-state index in [1.807, 2.05) is 0 Å². The lowest BCUT2D eigenvalue weighted by molar-refractivity contribution is -0.138. The fourth-order valence-corrected chi connectivity index (χ4v) is 3.49. The molecule has 9 nitrogen and oxygen atoms in total. The van der Waals surface area contributed by atoms with Gasteiger partial charge in [-0.25, -0.2) is 14.8 Å². The topological polar surface area (TPSA) is 104 Å². The third-order valence-corrected chi connectivity index (χ3v) is 5.17. The Morgan fingerprint density at radius 2 is 1.49 bits per heavy atom. The molecule has 4 rings (SSSR count). The Morgan fingerprint density at radius 3 is 2.16 bits per heavy atom. The summed E-state index contributed by atoms with van der Waals surface area (Å²) < 4.78 is 61.1. The van der Waals surface area contributed by atoms with Gasteiger partial charge in [0.1, 0.15) is 17.8 Å². The van der Waals surface area contributed by atoms with Gasteiger partial charge in [-0.1, -0.05) is 6.07 Å². The van der Waals surface area contributed by atoms with Crippen LogP contribution in [0.2, 0.25) is 0 Å². The Morgan fingerprint density at radius 1 is 0.811 bits per heavy atom. The maximum atomic E-state index is 13.3. The van der Waals surface area contributed by atoms with Gasteiger partial charge in [0, 0.05) is 23.5 Å². The number of nitrogens with zero attached hydrogens (tertiary/aromatic N) is 2. The summed E-state index contributed by atoms with van der Waals surface area (Å²) in [5.41, 5.74) is -0.171. The number of carbonyl (C=O) groups excluding carboxylic acids is 1. The molecule has 0 aliphatic carbocycles. The first-order valence-electron chi connectivity index (χ1n) is 10.7. The van der Waals surface area contributed by atoms with Crippen molar-refractivity contribution in [3.8, 4) is 28.9 Å². The zero-order valence-electron chi connectivity index (χ0n) is 19.8. The number of halogens is 3. The zero-order valence-corrected chi connectivity index (χ0v) is 19.8. The molecule has 0 saturated carbocycles. The number of anilines is 2. The molecule has 37 heavy (non-hydrogen) atoms. The number of ether oxygens (including phenoxy) is 4. The Bertz CT molecular complexity index is 1450. The van der Waals surface area contributed by atoms with Crippen molar-refractivity contribution in [1.29, 1.82) is 0 Å². The van der Waals surface area contributed by atoms with E-state index in [0.29, 0.717) is 33.8 Å². The second-order valence-electron chi connectivity index (χ2n) is 7.53. The van der Waals surface area contributed by atoms with Gasteiger partial charge >= 0.3 is 12.2 Å². The lowest BCUT2D eigenvalue weighted by atomic mass is 10.1. The Hall–Kier alpha value is -4.74. The van der Waals surface area contributed by atoms with Crippen molar-refractivity contribution >= 4 is 28.3 Å². The summed E-state index contributed by atoms with van der Waals surface area (Å²) in [5, 5.41) is 5.51. The van der Waals surface area contributed by atoms with Crippen molar-refractivity contribution in [2.24, 2.45) is 0 Å². The van der Waals surface area contributed by atoms with Crippen molar-refractivity contribution < 1.29 is 36.9 Å². The number of benzene rings is 3. The highest BCUT2D eigenvalue weighted by molar-refractivity contribution is 6.00. The largest absolute Gasteiger partial charge is 0.496 e. The predicted octanol–water partition coefficient (Wildman–Crippen LogP) is 6.11. The first-order valence-corrected chi connectivity index (χ1v) is 10.7. The molecular weight excluding hydrogens is 493 g/mol. The lowest BCUT2D eigenvalue weighted by Gasteiger charge is -2.14. The number of nitrogens with one attached hydrogen (secondary N) is 2. The van der Waals surface area contributed by atoms with Gasteiger partial charge in [-0.05, 0) is 36.4 Å². The van der Waals surface area contributed by atoms with Crippen molar-refractivity contribution in [2.45, 2.75) is 6.18 Å². The van der Waals surface area contributed by atoms with Crippen LogP contribution < -0.4 is 29.6 Å². The molecule has 1 aromatic heterocycles. The van der Waals surface area contributed by atoms with Gasteiger partial charge in [0.05, 0.1) is 37.8 Å². The molecule has 0 fully saturated rings. The molecular formula is C25H21F3N4O5. The van der Waals surface area contributed by atoms with Crippen molar-refractivity contribution in [3.05, 3.63) is 66.5 Å². The number of amides is 2. The summed E-state index contributed by atoms with van der Waals surface area (Å²) >= 11 is 0. The summed E-state index contributed by atoms with van der Waals surface area (Å²) in [4.78, 5) is 20.9. The molecule has 2 amide bonds. The SMILES string of the molecule is COc1cc2ncnc(Oc3cccc(NC(=O)Nc4ccc(OC)c(C(F)(F)F)c4)c3)c2cc1OC. The van der Waals surface area contributed by atoms with Gasteiger partial charge in [0.2, 0.25) is 5.88 Å². The molecule has 0 radical (unpaired) electrons. The molecule has 4 aromatic rings. The van der Waals surface area contributed by atoms with Crippen molar-refractivity contribution in [3.63, 3.8) is 0 Å². The molecule has 0 bridgehead atoms. The molecule has 0 unspecified atom stereocenters. The van der Waals surface area contributed by atoms with Crippen LogP contribution in [0.25, 0.3) is 10.9 Å². The van der Waals surface area contributed by atoms with E-state index in [2.05, 4.69) is 20.6 Å². The van der Waals surface area contributed by atoms with E-state index in [0.717, 1.165) is 19.2 Å². The number of rotatable bonds is 7. The predicted molar refractivity (Wildman–Crippen MR) is 130 cm³/mol. The minimum atomic E-state index is -4.65. The normalized spacial score (nSPS) is 11.1. The molecule has 3 aromatic carbocycles. The van der Waals surface area contributed by atoms with Crippen LogP contribution >= 0.6 is 0 Å². The number of alkyl halides is 3. The van der Waals surface area contributed by atoms with Gasteiger partial charge in [-0.3, -0.25) is 0 Å². The Kier molecular flexibility index (Phi) is 7.18. The van der Waals surface area contributed by atoms with E-state index in [9.17, 15) is 18.0 Å². The van der Waals surface area contributed by atoms with Crippen molar-refractivity contribution in [1.82, 2.24) is 9.97 Å². The summed E-state index contributed by atoms with van der Waals surface area (Å²) in [6.45, 7) is 0. The van der Waals surface area contributed by atoms with E-state index in [1.54, 1.807) is 30.3 Å². The number of carbonyl (C=O) groups is 1. The van der Waals surface area contributed by atoms with Crippen LogP contribution in [0.5, 0.6) is 28.9 Å². The molecule has 0 aliphatic heterocycles. The summed E-state index contributed by atoms with van der Waals surface area (Å²) in [6, 6.07) is 12.2. The average Bonchev–Trinajstić information content (AvgIpc) is 2.87. The van der Waals surface area contributed by atoms with E-state index in [1.165, 1.54) is 32.7 Å². The van der Waals surface area contributed by atoms with Crippen molar-refractivity contribution in [2.75, 3.05) is 32.0 Å². The van der Waals surface area contributed by atoms with Gasteiger partial charge in [0.25, 0.3) is 0 Å². The average molecular weight is 514 g/mol. The van der Waals surface area contributed by atoms with Crippen LogP contribution in [0.4, 0.5) is 29.3 Å². The molecule has 0 aliphatic rings. The van der Waals surface area contributed by atoms with Gasteiger partial charge in [-0.2, -0.15) is 13.2 Å². The Balaban J connectivity index is 1.52. The quantitative estimate of drug-likeness (QED) is 0.307. The monoisotopic (exact) mass is 514 g/mol. The third-order valence-electron chi connectivity index (χ3n) is 5.17. The van der Waals surface area contributed by atoms with Crippen LogP contribution in [0.1, 0.15) is 5.56 Å². The van der Waals surface area contributed by atoms with Crippen LogP contribution in [-0.4, -0.2) is 37.3 Å². The minimum Gasteiger partial charge on any atom is -0.496 e. The number of hydrogen-bond donors (Lipinski definition) is 2. The number of hydrogen-bond acceptors (Lipinski definition) is 7. The van der Waals surface area contributed by atoms with Gasteiger partial charge < -0.3 is 29.6 Å². The lowest BCUT2D eigenvalue weighted by Crippen LogP contribution is -2.20. The van der Waals surface area contributed by atoms with Gasteiger partial charge in [-0.15, -0.1) is 0 Å². The van der Waals surface area contributed by atoms with Gasteiger partial charge in [0.15, 0.2) is 11.5 Å². The maximum absolute atomic E-state index is 13.3. The summed E-state index contributed by atoms with van der Waals surface area (Å²) in [5.74, 6) is 1.20. The molecule has 12 heteroatoms. The molecule has 192 valence electrons. The van der Waals surface area contributed by atoms with Crippen LogP contribution in [0.3, 0.4) is 0 Å². The summed E-state index contributed by atoms with van der Waals surface area (Å²) in [7, 11) is 4.15.